The number of hydrogen-bond donors (Lipinski definition) is 2. The maximum Gasteiger partial charge on any atom is 0.434 e. The number of halogens is 7. The molecule has 0 unspecified atom stereocenters. The number of rotatable bonds is 7. The molecule has 0 radical (unpaired) electrons. The first kappa shape index (κ1) is 30.8. The van der Waals surface area contributed by atoms with Crippen molar-refractivity contribution in [3.05, 3.63) is 94.3 Å². The van der Waals surface area contributed by atoms with Crippen molar-refractivity contribution in [3.63, 3.8) is 0 Å². The van der Waals surface area contributed by atoms with E-state index >= 15 is 0 Å². The van der Waals surface area contributed by atoms with Crippen molar-refractivity contribution >= 4 is 11.6 Å². The van der Waals surface area contributed by atoms with Gasteiger partial charge in [-0.3, -0.25) is 0 Å². The van der Waals surface area contributed by atoms with Gasteiger partial charge in [-0.25, -0.2) is 9.67 Å². The Labute approximate surface area is 247 Å². The van der Waals surface area contributed by atoms with Gasteiger partial charge in [0.05, 0.1) is 23.4 Å². The second-order valence-corrected chi connectivity index (χ2v) is 10.8. The van der Waals surface area contributed by atoms with Gasteiger partial charge in [-0.1, -0.05) is 41.9 Å². The largest absolute Gasteiger partial charge is 0.488 e. The summed E-state index contributed by atoms with van der Waals surface area (Å²) in [5.41, 5.74) is 0.228. The van der Waals surface area contributed by atoms with Gasteiger partial charge < -0.3 is 14.9 Å². The van der Waals surface area contributed by atoms with Crippen molar-refractivity contribution in [2.75, 3.05) is 0 Å². The molecule has 0 saturated heterocycles. The van der Waals surface area contributed by atoms with Crippen molar-refractivity contribution in [2.45, 2.75) is 56.9 Å². The Bertz CT molecular complexity index is 1560. The number of benzene rings is 2. The van der Waals surface area contributed by atoms with Crippen LogP contribution in [0, 0.1) is 5.92 Å². The lowest BCUT2D eigenvalue weighted by Gasteiger charge is -2.30. The van der Waals surface area contributed by atoms with Gasteiger partial charge in [0.25, 0.3) is 0 Å². The summed E-state index contributed by atoms with van der Waals surface area (Å²) in [7, 11) is 0. The molecule has 2 N–H and O–H groups in total. The summed E-state index contributed by atoms with van der Waals surface area (Å²) >= 11 is 6.22. The highest BCUT2D eigenvalue weighted by molar-refractivity contribution is 6.31. The molecule has 43 heavy (non-hydrogen) atoms. The van der Waals surface area contributed by atoms with E-state index in [0.717, 1.165) is 11.1 Å². The highest BCUT2D eigenvalue weighted by Crippen LogP contribution is 2.43. The van der Waals surface area contributed by atoms with Gasteiger partial charge >= 0.3 is 12.4 Å². The molecule has 2 aromatic carbocycles. The maximum absolute atomic E-state index is 13.8. The van der Waals surface area contributed by atoms with E-state index in [1.807, 2.05) is 24.3 Å². The van der Waals surface area contributed by atoms with Crippen molar-refractivity contribution < 1.29 is 41.3 Å². The molecular formula is C30H26ClF6N3O3. The molecule has 4 aromatic rings. The summed E-state index contributed by atoms with van der Waals surface area (Å²) < 4.78 is 86.9. The second kappa shape index (κ2) is 12.2. The molecular weight excluding hydrogens is 600 g/mol. The van der Waals surface area contributed by atoms with Crippen LogP contribution >= 0.6 is 11.6 Å². The number of aliphatic hydroxyl groups is 2. The third-order valence-corrected chi connectivity index (χ3v) is 7.78. The Morgan fingerprint density at radius 3 is 2.26 bits per heavy atom. The van der Waals surface area contributed by atoms with E-state index in [-0.39, 0.29) is 36.9 Å². The minimum Gasteiger partial charge on any atom is -0.488 e. The van der Waals surface area contributed by atoms with Crippen LogP contribution in [0.5, 0.6) is 5.75 Å². The molecule has 5 rings (SSSR count). The van der Waals surface area contributed by atoms with Gasteiger partial charge in [-0.2, -0.15) is 31.4 Å². The fraction of sp³-hybridized carbons (Fsp3) is 0.333. The first-order valence-corrected chi connectivity index (χ1v) is 13.8. The minimum absolute atomic E-state index is 0.0687. The normalized spacial score (nSPS) is 17.8. The molecule has 0 spiro atoms. The van der Waals surface area contributed by atoms with Gasteiger partial charge in [0.1, 0.15) is 12.4 Å². The molecule has 0 amide bonds. The Balaban J connectivity index is 1.34. The third-order valence-electron chi connectivity index (χ3n) is 7.55. The molecule has 1 aliphatic rings. The summed E-state index contributed by atoms with van der Waals surface area (Å²) in [4.78, 5) is 4.33. The number of ether oxygens (including phenoxy) is 1. The first-order valence-electron chi connectivity index (χ1n) is 13.4. The molecule has 13 heteroatoms. The van der Waals surface area contributed by atoms with Crippen molar-refractivity contribution in [1.29, 1.82) is 0 Å². The zero-order valence-electron chi connectivity index (χ0n) is 22.4. The number of pyridine rings is 1. The number of nitrogens with zero attached hydrogens (tertiary/aromatic N) is 3. The zero-order valence-corrected chi connectivity index (χ0v) is 23.2. The third kappa shape index (κ3) is 6.97. The Morgan fingerprint density at radius 1 is 0.930 bits per heavy atom. The molecule has 0 atom stereocenters. The Hall–Kier alpha value is -3.61. The van der Waals surface area contributed by atoms with Crippen LogP contribution in [0.2, 0.25) is 5.02 Å². The van der Waals surface area contributed by atoms with Gasteiger partial charge in [0.15, 0.2) is 17.8 Å². The Morgan fingerprint density at radius 2 is 1.63 bits per heavy atom. The summed E-state index contributed by atoms with van der Waals surface area (Å²) in [5.74, 6) is -1.04. The standard InChI is InChI=1S/C30H26ClF6N3O3/c31-21-12-13-25(43-16-17-4-6-18(7-5-17)19-8-10-20(11-9-19)29(32,33)34)22(14-21)24-2-1-3-26(39-24)40-27(30(35,36)37)23(15-38-40)28(41)42/h1-7,12-15,19-20,28,41-42H,8-11,16H2. The van der Waals surface area contributed by atoms with E-state index < -0.39 is 35.8 Å². The number of alkyl halides is 6. The van der Waals surface area contributed by atoms with E-state index in [0.29, 0.717) is 40.1 Å². The molecule has 228 valence electrons. The van der Waals surface area contributed by atoms with Crippen molar-refractivity contribution in [2.24, 2.45) is 5.92 Å². The van der Waals surface area contributed by atoms with Crippen LogP contribution in [0.4, 0.5) is 26.3 Å². The van der Waals surface area contributed by atoms with Crippen LogP contribution in [0.3, 0.4) is 0 Å². The van der Waals surface area contributed by atoms with E-state index in [2.05, 4.69) is 10.1 Å². The van der Waals surface area contributed by atoms with E-state index in [4.69, 9.17) is 16.3 Å². The first-order chi connectivity index (χ1) is 20.3. The fourth-order valence-electron chi connectivity index (χ4n) is 5.33. The smallest absolute Gasteiger partial charge is 0.434 e. The molecule has 0 bridgehead atoms. The van der Waals surface area contributed by atoms with E-state index in [1.165, 1.54) is 12.1 Å². The zero-order chi connectivity index (χ0) is 30.9. The number of aliphatic hydroxyl groups excluding tert-OH is 1. The molecule has 1 saturated carbocycles. The van der Waals surface area contributed by atoms with Gasteiger partial charge in [-0.15, -0.1) is 0 Å². The predicted molar refractivity (Wildman–Crippen MR) is 146 cm³/mol. The summed E-state index contributed by atoms with van der Waals surface area (Å²) in [6.45, 7) is 0.130. The summed E-state index contributed by atoms with van der Waals surface area (Å²) in [5, 5.41) is 22.8. The maximum atomic E-state index is 13.8. The molecule has 0 aliphatic heterocycles. The number of hydrogen-bond acceptors (Lipinski definition) is 5. The monoisotopic (exact) mass is 625 g/mol. The van der Waals surface area contributed by atoms with Gasteiger partial charge in [-0.05, 0) is 73.1 Å². The van der Waals surface area contributed by atoms with Gasteiger partial charge in [0.2, 0.25) is 0 Å². The average molecular weight is 626 g/mol. The van der Waals surface area contributed by atoms with Crippen molar-refractivity contribution in [1.82, 2.24) is 14.8 Å². The second-order valence-electron chi connectivity index (χ2n) is 10.4. The molecule has 6 nitrogen and oxygen atoms in total. The van der Waals surface area contributed by atoms with Crippen LogP contribution in [-0.2, 0) is 12.8 Å². The quantitative estimate of drug-likeness (QED) is 0.161. The lowest BCUT2D eigenvalue weighted by atomic mass is 9.78. The Kier molecular flexibility index (Phi) is 8.73. The average Bonchev–Trinajstić information content (AvgIpc) is 3.43. The van der Waals surface area contributed by atoms with Crippen LogP contribution in [0.1, 0.15) is 60.3 Å². The lowest BCUT2D eigenvalue weighted by molar-refractivity contribution is -0.182. The minimum atomic E-state index is -4.95. The number of aromatic nitrogens is 3. The molecule has 2 heterocycles. The lowest BCUT2D eigenvalue weighted by Crippen LogP contribution is -2.27. The van der Waals surface area contributed by atoms with Gasteiger partial charge in [0, 0.05) is 10.6 Å². The van der Waals surface area contributed by atoms with E-state index in [9.17, 15) is 36.6 Å². The van der Waals surface area contributed by atoms with Crippen LogP contribution in [0.15, 0.2) is 66.9 Å². The highest BCUT2D eigenvalue weighted by Gasteiger charge is 2.42. The fourth-order valence-corrected chi connectivity index (χ4v) is 5.50. The summed E-state index contributed by atoms with van der Waals surface area (Å²) in [6, 6.07) is 16.6. The molecule has 2 aromatic heterocycles. The highest BCUT2D eigenvalue weighted by atomic mass is 35.5. The topological polar surface area (TPSA) is 80.4 Å². The molecule has 1 aliphatic carbocycles. The van der Waals surface area contributed by atoms with E-state index in [1.54, 1.807) is 24.3 Å². The van der Waals surface area contributed by atoms with Crippen LogP contribution in [-0.4, -0.2) is 31.2 Å². The SMILES string of the molecule is OC(O)c1cnn(-c2cccc(-c3cc(Cl)ccc3OCc3ccc(C4CCC(C(F)(F)F)CC4)cc3)n2)c1C(F)(F)F. The van der Waals surface area contributed by atoms with Crippen LogP contribution < -0.4 is 4.74 Å². The predicted octanol–water partition coefficient (Wildman–Crippen LogP) is 8.00. The van der Waals surface area contributed by atoms with Crippen molar-refractivity contribution in [3.8, 4) is 22.8 Å². The summed E-state index contributed by atoms with van der Waals surface area (Å²) in [6.07, 6.45) is -9.58. The molecule has 1 fully saturated rings. The van der Waals surface area contributed by atoms with Crippen LogP contribution in [0.25, 0.3) is 17.1 Å².